The Hall–Kier alpha value is -3.78. The van der Waals surface area contributed by atoms with Gasteiger partial charge in [0.2, 0.25) is 0 Å². The molecular weight excluding hydrogens is 435 g/mol. The summed E-state index contributed by atoms with van der Waals surface area (Å²) in [5.41, 5.74) is 2.87. The van der Waals surface area contributed by atoms with Crippen LogP contribution in [0.5, 0.6) is 0 Å². The number of aromatic nitrogens is 1. The van der Waals surface area contributed by atoms with Gasteiger partial charge in [-0.3, -0.25) is 9.59 Å². The van der Waals surface area contributed by atoms with Crippen molar-refractivity contribution in [2.24, 2.45) is 12.1 Å². The van der Waals surface area contributed by atoms with Crippen LogP contribution in [0, 0.1) is 5.82 Å². The minimum Gasteiger partial charge on any atom is -0.383 e. The van der Waals surface area contributed by atoms with Crippen molar-refractivity contribution >= 4 is 17.5 Å². The monoisotopic (exact) mass is 462 g/mol. The van der Waals surface area contributed by atoms with Crippen LogP contribution in [0.25, 0.3) is 0 Å². The normalized spacial score (nSPS) is 15.3. The number of aryl methyl sites for hydroxylation is 1. The quantitative estimate of drug-likeness (QED) is 0.514. The molecule has 2 heterocycles. The Labute approximate surface area is 198 Å². The smallest absolute Gasteiger partial charge is 0.262 e. The highest BCUT2D eigenvalue weighted by Crippen LogP contribution is 2.33. The summed E-state index contributed by atoms with van der Waals surface area (Å²) in [4.78, 5) is 28.0. The number of methoxy groups -OCH3 is 1. The maximum Gasteiger partial charge on any atom is 0.262 e. The predicted octanol–water partition coefficient (Wildman–Crippen LogP) is 3.63. The number of ether oxygens (including phenoxy) is 1. The van der Waals surface area contributed by atoms with E-state index in [1.807, 2.05) is 60.3 Å². The van der Waals surface area contributed by atoms with Gasteiger partial charge >= 0.3 is 0 Å². The lowest BCUT2D eigenvalue weighted by Gasteiger charge is -2.27. The van der Waals surface area contributed by atoms with Gasteiger partial charge in [0.05, 0.1) is 24.1 Å². The second-order valence-electron chi connectivity index (χ2n) is 8.15. The summed E-state index contributed by atoms with van der Waals surface area (Å²) >= 11 is 0. The maximum atomic E-state index is 13.7. The van der Waals surface area contributed by atoms with E-state index in [0.29, 0.717) is 6.42 Å². The Morgan fingerprint density at radius 1 is 1.12 bits per heavy atom. The number of hydrogen-bond acceptors (Lipinski definition) is 4. The van der Waals surface area contributed by atoms with Gasteiger partial charge in [0.15, 0.2) is 0 Å². The van der Waals surface area contributed by atoms with Crippen LogP contribution in [-0.2, 0) is 16.6 Å². The molecule has 3 aromatic rings. The molecule has 0 radical (unpaired) electrons. The van der Waals surface area contributed by atoms with E-state index in [2.05, 4.69) is 5.10 Å². The SMILES string of the molecule is COCCN(CC(=O)N1N=C(c2cccn2C)C[C@H]1c1ccccc1)C(=O)c1cccc(F)c1. The fourth-order valence-corrected chi connectivity index (χ4v) is 4.08. The van der Waals surface area contributed by atoms with Crippen molar-refractivity contribution in [3.8, 4) is 0 Å². The zero-order valence-corrected chi connectivity index (χ0v) is 19.2. The fourth-order valence-electron chi connectivity index (χ4n) is 4.08. The van der Waals surface area contributed by atoms with E-state index in [-0.39, 0.29) is 37.2 Å². The number of halogens is 1. The number of rotatable bonds is 8. The van der Waals surface area contributed by atoms with Crippen molar-refractivity contribution < 1.29 is 18.7 Å². The summed E-state index contributed by atoms with van der Waals surface area (Å²) < 4.78 is 20.8. The molecule has 1 aliphatic rings. The van der Waals surface area contributed by atoms with Crippen LogP contribution < -0.4 is 0 Å². The first-order valence-corrected chi connectivity index (χ1v) is 11.1. The van der Waals surface area contributed by atoms with Gasteiger partial charge in [0.25, 0.3) is 11.8 Å². The van der Waals surface area contributed by atoms with E-state index < -0.39 is 11.7 Å². The lowest BCUT2D eigenvalue weighted by Crippen LogP contribution is -2.42. The van der Waals surface area contributed by atoms with Gasteiger partial charge in [-0.2, -0.15) is 5.10 Å². The molecule has 4 rings (SSSR count). The summed E-state index contributed by atoms with van der Waals surface area (Å²) in [7, 11) is 3.46. The molecular formula is C26H27FN4O3. The first-order chi connectivity index (χ1) is 16.5. The van der Waals surface area contributed by atoms with E-state index in [1.54, 1.807) is 0 Å². The largest absolute Gasteiger partial charge is 0.383 e. The van der Waals surface area contributed by atoms with Crippen LogP contribution in [0.3, 0.4) is 0 Å². The molecule has 2 aromatic carbocycles. The van der Waals surface area contributed by atoms with Crippen molar-refractivity contribution in [2.45, 2.75) is 12.5 Å². The first kappa shape index (κ1) is 23.4. The molecule has 8 heteroatoms. The van der Waals surface area contributed by atoms with Gasteiger partial charge in [-0.1, -0.05) is 36.4 Å². The minimum absolute atomic E-state index is 0.179. The molecule has 2 amide bonds. The zero-order valence-electron chi connectivity index (χ0n) is 19.2. The van der Waals surface area contributed by atoms with Gasteiger partial charge in [-0.15, -0.1) is 0 Å². The van der Waals surface area contributed by atoms with Crippen molar-refractivity contribution in [1.82, 2.24) is 14.5 Å². The lowest BCUT2D eigenvalue weighted by molar-refractivity contribution is -0.133. The van der Waals surface area contributed by atoms with E-state index in [9.17, 15) is 14.0 Å². The molecule has 0 spiro atoms. The van der Waals surface area contributed by atoms with Crippen molar-refractivity contribution in [1.29, 1.82) is 0 Å². The number of hydrogen-bond donors (Lipinski definition) is 0. The van der Waals surface area contributed by atoms with Crippen molar-refractivity contribution in [3.63, 3.8) is 0 Å². The van der Waals surface area contributed by atoms with Gasteiger partial charge in [-0.25, -0.2) is 9.40 Å². The third-order valence-corrected chi connectivity index (χ3v) is 5.84. The third kappa shape index (κ3) is 5.07. The average molecular weight is 463 g/mol. The molecule has 1 atom stereocenters. The average Bonchev–Trinajstić information content (AvgIpc) is 3.48. The predicted molar refractivity (Wildman–Crippen MR) is 127 cm³/mol. The fraction of sp³-hybridized carbons (Fsp3) is 0.269. The van der Waals surface area contributed by atoms with Crippen molar-refractivity contribution in [3.05, 3.63) is 95.6 Å². The molecule has 1 aromatic heterocycles. The Morgan fingerprint density at radius 3 is 2.59 bits per heavy atom. The molecule has 1 aliphatic heterocycles. The topological polar surface area (TPSA) is 67.1 Å². The molecule has 0 saturated carbocycles. The standard InChI is InChI=1S/C26H27FN4O3/c1-29-13-7-12-23(29)22-17-24(19-8-4-3-5-9-19)31(28-22)25(32)18-30(14-15-34-2)26(33)20-10-6-11-21(27)16-20/h3-13,16,24H,14-15,17-18H2,1-2H3/t24-/m0/s1. The second kappa shape index (κ2) is 10.4. The van der Waals surface area contributed by atoms with E-state index >= 15 is 0 Å². The van der Waals surface area contributed by atoms with Gasteiger partial charge in [0.1, 0.15) is 12.4 Å². The highest BCUT2D eigenvalue weighted by Gasteiger charge is 2.35. The van der Waals surface area contributed by atoms with Crippen LogP contribution >= 0.6 is 0 Å². The highest BCUT2D eigenvalue weighted by molar-refractivity contribution is 6.02. The van der Waals surface area contributed by atoms with Crippen LogP contribution in [0.4, 0.5) is 4.39 Å². The van der Waals surface area contributed by atoms with Gasteiger partial charge in [0, 0.05) is 38.9 Å². The molecule has 0 fully saturated rings. The van der Waals surface area contributed by atoms with E-state index in [1.165, 1.54) is 41.3 Å². The first-order valence-electron chi connectivity index (χ1n) is 11.1. The van der Waals surface area contributed by atoms with Gasteiger partial charge in [-0.05, 0) is 35.9 Å². The van der Waals surface area contributed by atoms with E-state index in [4.69, 9.17) is 4.74 Å². The van der Waals surface area contributed by atoms with Crippen LogP contribution in [0.15, 0.2) is 78.0 Å². The summed E-state index contributed by atoms with van der Waals surface area (Å²) in [5.74, 6) is -1.27. The number of hydrazone groups is 1. The summed E-state index contributed by atoms with van der Waals surface area (Å²) in [6, 6.07) is 18.8. The van der Waals surface area contributed by atoms with E-state index in [0.717, 1.165) is 17.0 Å². The Bertz CT molecular complexity index is 1190. The van der Waals surface area contributed by atoms with Crippen molar-refractivity contribution in [2.75, 3.05) is 26.8 Å². The number of amides is 2. The molecule has 34 heavy (non-hydrogen) atoms. The Morgan fingerprint density at radius 2 is 1.91 bits per heavy atom. The number of carbonyl (C=O) groups excluding carboxylic acids is 2. The Balaban J connectivity index is 1.61. The summed E-state index contributed by atoms with van der Waals surface area (Å²) in [6.07, 6.45) is 2.49. The van der Waals surface area contributed by atoms with Gasteiger partial charge < -0.3 is 14.2 Å². The Kier molecular flexibility index (Phi) is 7.18. The van der Waals surface area contributed by atoms with Crippen LogP contribution in [0.1, 0.15) is 34.1 Å². The minimum atomic E-state index is -0.510. The molecule has 176 valence electrons. The molecule has 0 bridgehead atoms. The molecule has 0 aliphatic carbocycles. The zero-order chi connectivity index (χ0) is 24.1. The summed E-state index contributed by atoms with van der Waals surface area (Å²) in [5, 5.41) is 6.15. The maximum absolute atomic E-state index is 13.7. The molecule has 0 unspecified atom stereocenters. The molecule has 0 saturated heterocycles. The number of nitrogens with zero attached hydrogens (tertiary/aromatic N) is 4. The lowest BCUT2D eigenvalue weighted by atomic mass is 10.0. The van der Waals surface area contributed by atoms with Crippen LogP contribution in [-0.4, -0.2) is 58.8 Å². The molecule has 7 nitrogen and oxygen atoms in total. The second-order valence-corrected chi connectivity index (χ2v) is 8.15. The number of benzene rings is 2. The highest BCUT2D eigenvalue weighted by atomic mass is 19.1. The third-order valence-electron chi connectivity index (χ3n) is 5.84. The van der Waals surface area contributed by atoms with Crippen LogP contribution in [0.2, 0.25) is 0 Å². The summed E-state index contributed by atoms with van der Waals surface area (Å²) in [6.45, 7) is 0.232. The molecule has 0 N–H and O–H groups in total. The number of carbonyl (C=O) groups is 2.